The summed E-state index contributed by atoms with van der Waals surface area (Å²) in [5.41, 5.74) is 6.62. The summed E-state index contributed by atoms with van der Waals surface area (Å²) < 4.78 is 10.7. The molecule has 0 aliphatic carbocycles. The van der Waals surface area contributed by atoms with E-state index < -0.39 is 0 Å². The lowest BCUT2D eigenvalue weighted by Crippen LogP contribution is -2.05. The summed E-state index contributed by atoms with van der Waals surface area (Å²) in [4.78, 5) is 0. The largest absolute Gasteiger partial charge is 0.497 e. The Kier molecular flexibility index (Phi) is 5.24. The van der Waals surface area contributed by atoms with Crippen molar-refractivity contribution in [1.82, 2.24) is 0 Å². The molecule has 1 rings (SSSR count). The molecular formula is C13H17NO2. The number of benzene rings is 1. The van der Waals surface area contributed by atoms with E-state index in [1.807, 2.05) is 18.2 Å². The Hall–Kier alpha value is -1.66. The Morgan fingerprint density at radius 2 is 2.19 bits per heavy atom. The van der Waals surface area contributed by atoms with Crippen molar-refractivity contribution in [2.24, 2.45) is 5.73 Å². The molecule has 0 fully saturated rings. The molecule has 0 saturated carbocycles. The predicted molar refractivity (Wildman–Crippen MR) is 64.7 cm³/mol. The predicted octanol–water partition coefficient (Wildman–Crippen LogP) is 1.60. The first-order valence-corrected chi connectivity index (χ1v) is 5.21. The fraction of sp³-hybridized carbons (Fsp3) is 0.385. The van der Waals surface area contributed by atoms with Crippen LogP contribution in [0.5, 0.6) is 11.5 Å². The molecule has 86 valence electrons. The van der Waals surface area contributed by atoms with Crippen molar-refractivity contribution in [2.45, 2.75) is 13.3 Å². The Balaban J connectivity index is 2.84. The fourth-order valence-electron chi connectivity index (χ4n) is 1.34. The van der Waals surface area contributed by atoms with Gasteiger partial charge in [-0.2, -0.15) is 0 Å². The van der Waals surface area contributed by atoms with E-state index in [0.717, 1.165) is 23.5 Å². The number of rotatable bonds is 5. The Morgan fingerprint density at radius 1 is 1.38 bits per heavy atom. The van der Waals surface area contributed by atoms with E-state index in [-0.39, 0.29) is 0 Å². The molecule has 1 aromatic rings. The number of hydrogen-bond donors (Lipinski definition) is 1. The van der Waals surface area contributed by atoms with E-state index in [4.69, 9.17) is 15.2 Å². The average Bonchev–Trinajstić information content (AvgIpc) is 2.31. The summed E-state index contributed by atoms with van der Waals surface area (Å²) in [6, 6.07) is 5.74. The van der Waals surface area contributed by atoms with E-state index >= 15 is 0 Å². The van der Waals surface area contributed by atoms with Crippen LogP contribution >= 0.6 is 0 Å². The number of methoxy groups -OCH3 is 1. The highest BCUT2D eigenvalue weighted by Crippen LogP contribution is 2.24. The molecule has 0 amide bonds. The first-order chi connectivity index (χ1) is 7.81. The van der Waals surface area contributed by atoms with Crippen molar-refractivity contribution in [2.75, 3.05) is 20.3 Å². The molecule has 0 aliphatic heterocycles. The summed E-state index contributed by atoms with van der Waals surface area (Å²) in [5.74, 6) is 7.22. The molecular weight excluding hydrogens is 202 g/mol. The quantitative estimate of drug-likeness (QED) is 0.765. The van der Waals surface area contributed by atoms with Gasteiger partial charge in [0.05, 0.1) is 7.11 Å². The van der Waals surface area contributed by atoms with Crippen molar-refractivity contribution < 1.29 is 9.47 Å². The molecule has 0 unspecified atom stereocenters. The normalized spacial score (nSPS) is 9.19. The molecule has 0 aliphatic rings. The van der Waals surface area contributed by atoms with Gasteiger partial charge >= 0.3 is 0 Å². The van der Waals surface area contributed by atoms with E-state index in [1.54, 1.807) is 14.0 Å². The highest BCUT2D eigenvalue weighted by Gasteiger charge is 2.04. The van der Waals surface area contributed by atoms with Crippen molar-refractivity contribution in [1.29, 1.82) is 0 Å². The van der Waals surface area contributed by atoms with Gasteiger partial charge in [0.2, 0.25) is 0 Å². The van der Waals surface area contributed by atoms with Crippen molar-refractivity contribution in [3.05, 3.63) is 23.8 Å². The second kappa shape index (κ2) is 6.76. The maximum atomic E-state index is 5.56. The van der Waals surface area contributed by atoms with Gasteiger partial charge in [-0.3, -0.25) is 0 Å². The Labute approximate surface area is 96.6 Å². The second-order valence-electron chi connectivity index (χ2n) is 3.23. The van der Waals surface area contributed by atoms with Gasteiger partial charge in [-0.1, -0.05) is 12.0 Å². The van der Waals surface area contributed by atoms with Gasteiger partial charge in [0, 0.05) is 6.07 Å². The van der Waals surface area contributed by atoms with Crippen molar-refractivity contribution in [3.63, 3.8) is 0 Å². The minimum Gasteiger partial charge on any atom is -0.497 e. The Bertz CT molecular complexity index is 391. The molecule has 0 spiro atoms. The molecule has 0 atom stereocenters. The van der Waals surface area contributed by atoms with Crippen LogP contribution < -0.4 is 15.2 Å². The van der Waals surface area contributed by atoms with Gasteiger partial charge in [-0.05, 0) is 31.5 Å². The van der Waals surface area contributed by atoms with Crippen molar-refractivity contribution in [3.8, 4) is 23.3 Å². The maximum absolute atomic E-state index is 5.56. The van der Waals surface area contributed by atoms with Crippen LogP contribution in [0.25, 0.3) is 0 Å². The summed E-state index contributed by atoms with van der Waals surface area (Å²) in [5, 5.41) is 0. The van der Waals surface area contributed by atoms with Crippen molar-refractivity contribution >= 4 is 0 Å². The third-order valence-electron chi connectivity index (χ3n) is 2.16. The third-order valence-corrected chi connectivity index (χ3v) is 2.16. The summed E-state index contributed by atoms with van der Waals surface area (Å²) in [6.07, 6.45) is 0.791. The molecule has 0 radical (unpaired) electrons. The van der Waals surface area contributed by atoms with Crippen LogP contribution in [0, 0.1) is 11.8 Å². The second-order valence-corrected chi connectivity index (χ2v) is 3.23. The van der Waals surface area contributed by atoms with Gasteiger partial charge < -0.3 is 15.2 Å². The standard InChI is InChI=1S/C13H17NO2/c1-3-4-9-16-13-10-12(15-2)6-5-11(13)7-8-14/h5-6,10H,7-9,14H2,1-2H3. The van der Waals surface area contributed by atoms with E-state index in [1.165, 1.54) is 0 Å². The van der Waals surface area contributed by atoms with Gasteiger partial charge in [0.25, 0.3) is 0 Å². The molecule has 3 nitrogen and oxygen atoms in total. The molecule has 1 aromatic carbocycles. The summed E-state index contributed by atoms with van der Waals surface area (Å²) >= 11 is 0. The number of hydrogen-bond acceptors (Lipinski definition) is 3. The number of nitrogens with two attached hydrogens (primary N) is 1. The molecule has 0 heterocycles. The first-order valence-electron chi connectivity index (χ1n) is 5.21. The highest BCUT2D eigenvalue weighted by atomic mass is 16.5. The fourth-order valence-corrected chi connectivity index (χ4v) is 1.34. The van der Waals surface area contributed by atoms with Crippen LogP contribution in [0.15, 0.2) is 18.2 Å². The SMILES string of the molecule is CC#CCOc1cc(OC)ccc1CCN. The zero-order valence-electron chi connectivity index (χ0n) is 9.75. The van der Waals surface area contributed by atoms with E-state index in [2.05, 4.69) is 11.8 Å². The monoisotopic (exact) mass is 219 g/mol. The van der Waals surface area contributed by atoms with E-state index in [0.29, 0.717) is 13.2 Å². The third kappa shape index (κ3) is 3.48. The first kappa shape index (κ1) is 12.4. The molecule has 3 heteroatoms. The topological polar surface area (TPSA) is 44.5 Å². The lowest BCUT2D eigenvalue weighted by Gasteiger charge is -2.10. The summed E-state index contributed by atoms with van der Waals surface area (Å²) in [7, 11) is 1.63. The molecule has 0 aromatic heterocycles. The molecule has 0 saturated heterocycles. The van der Waals surface area contributed by atoms with E-state index in [9.17, 15) is 0 Å². The van der Waals surface area contributed by atoms with Gasteiger partial charge in [0.1, 0.15) is 18.1 Å². The van der Waals surface area contributed by atoms with Crippen LogP contribution in [0.3, 0.4) is 0 Å². The van der Waals surface area contributed by atoms with Gasteiger partial charge in [-0.25, -0.2) is 0 Å². The molecule has 2 N–H and O–H groups in total. The van der Waals surface area contributed by atoms with Crippen LogP contribution in [0.1, 0.15) is 12.5 Å². The maximum Gasteiger partial charge on any atom is 0.149 e. The Morgan fingerprint density at radius 3 is 2.81 bits per heavy atom. The minimum atomic E-state index is 0.390. The summed E-state index contributed by atoms with van der Waals surface area (Å²) in [6.45, 7) is 2.78. The zero-order valence-corrected chi connectivity index (χ0v) is 9.75. The van der Waals surface area contributed by atoms with Gasteiger partial charge in [-0.15, -0.1) is 5.92 Å². The minimum absolute atomic E-state index is 0.390. The number of ether oxygens (including phenoxy) is 2. The highest BCUT2D eigenvalue weighted by molar-refractivity contribution is 5.41. The van der Waals surface area contributed by atoms with Crippen LogP contribution in [-0.4, -0.2) is 20.3 Å². The smallest absolute Gasteiger partial charge is 0.149 e. The van der Waals surface area contributed by atoms with Gasteiger partial charge in [0.15, 0.2) is 0 Å². The lowest BCUT2D eigenvalue weighted by atomic mass is 10.1. The average molecular weight is 219 g/mol. The van der Waals surface area contributed by atoms with Crippen LogP contribution in [0.2, 0.25) is 0 Å². The molecule has 0 bridgehead atoms. The zero-order chi connectivity index (χ0) is 11.8. The lowest BCUT2D eigenvalue weighted by molar-refractivity contribution is 0.359. The van der Waals surface area contributed by atoms with Crippen LogP contribution in [0.4, 0.5) is 0 Å². The van der Waals surface area contributed by atoms with Crippen LogP contribution in [-0.2, 0) is 6.42 Å². The molecule has 16 heavy (non-hydrogen) atoms.